The highest BCUT2D eigenvalue weighted by molar-refractivity contribution is 6.49. The average molecular weight is 659 g/mol. The summed E-state index contributed by atoms with van der Waals surface area (Å²) in [5.74, 6) is 0.0885. The monoisotopic (exact) mass is 658 g/mol. The number of aromatic hydroxyl groups is 4. The molecule has 0 aliphatic heterocycles. The predicted octanol–water partition coefficient (Wildman–Crippen LogP) is 9.87. The van der Waals surface area contributed by atoms with Gasteiger partial charge in [0.25, 0.3) is 0 Å². The number of carbonyl (C=O) groups is 2. The second-order valence-electron chi connectivity index (χ2n) is 14.0. The maximum Gasteiger partial charge on any atom is 0.233 e. The number of hydrogen-bond acceptors (Lipinski definition) is 6. The van der Waals surface area contributed by atoms with Crippen LogP contribution in [-0.4, -0.2) is 32.0 Å². The number of phenolic OH excluding ortho intramolecular Hbond substituents is 4. The SMILES string of the molecule is Cc1cc(O)c(C2CCCCC2)cc1C(c1ccc(O)c(O)c1)c1cc(C2CCCCC2)c(O)cc1C.O=C1C=Cc2ccccc2C1=O. The summed E-state index contributed by atoms with van der Waals surface area (Å²) in [6.07, 6.45) is 14.6. The van der Waals surface area contributed by atoms with E-state index >= 15 is 0 Å². The molecule has 49 heavy (non-hydrogen) atoms. The number of benzene rings is 4. The molecule has 4 N–H and O–H groups in total. The molecule has 3 aliphatic rings. The van der Waals surface area contributed by atoms with Crippen LogP contribution < -0.4 is 0 Å². The fraction of sp³-hybridized carbons (Fsp3) is 0.349. The van der Waals surface area contributed by atoms with Crippen LogP contribution >= 0.6 is 0 Å². The van der Waals surface area contributed by atoms with E-state index in [0.29, 0.717) is 28.9 Å². The van der Waals surface area contributed by atoms with E-state index in [1.165, 1.54) is 44.6 Å². The van der Waals surface area contributed by atoms with Crippen LogP contribution in [0.1, 0.15) is 137 Å². The lowest BCUT2D eigenvalue weighted by Gasteiger charge is -2.29. The van der Waals surface area contributed by atoms with Crippen LogP contribution in [0, 0.1) is 13.8 Å². The molecule has 3 aliphatic carbocycles. The van der Waals surface area contributed by atoms with Crippen molar-refractivity contribution >= 4 is 17.6 Å². The van der Waals surface area contributed by atoms with Gasteiger partial charge in [-0.3, -0.25) is 9.59 Å². The highest BCUT2D eigenvalue weighted by Gasteiger charge is 2.28. The summed E-state index contributed by atoms with van der Waals surface area (Å²) in [4.78, 5) is 22.1. The van der Waals surface area contributed by atoms with Crippen LogP contribution in [0.5, 0.6) is 23.0 Å². The van der Waals surface area contributed by atoms with E-state index in [0.717, 1.165) is 70.2 Å². The third-order valence-corrected chi connectivity index (χ3v) is 10.7. The average Bonchev–Trinajstić information content (AvgIpc) is 3.11. The van der Waals surface area contributed by atoms with Gasteiger partial charge in [0.15, 0.2) is 11.5 Å². The Morgan fingerprint density at radius 1 is 0.571 bits per heavy atom. The first-order valence-electron chi connectivity index (χ1n) is 17.7. The summed E-state index contributed by atoms with van der Waals surface area (Å²) < 4.78 is 0. The number of ketones is 2. The van der Waals surface area contributed by atoms with Crippen LogP contribution in [0.3, 0.4) is 0 Å². The second-order valence-corrected chi connectivity index (χ2v) is 14.0. The number of allylic oxidation sites excluding steroid dienone is 1. The van der Waals surface area contributed by atoms with Crippen molar-refractivity contribution in [3.8, 4) is 23.0 Å². The Hall–Kier alpha value is -4.84. The molecule has 0 unspecified atom stereocenters. The molecule has 0 radical (unpaired) electrons. The van der Waals surface area contributed by atoms with E-state index in [9.17, 15) is 30.0 Å². The Kier molecular flexibility index (Phi) is 10.2. The highest BCUT2D eigenvalue weighted by Crippen LogP contribution is 2.46. The van der Waals surface area contributed by atoms with Gasteiger partial charge in [-0.05, 0) is 126 Å². The summed E-state index contributed by atoms with van der Waals surface area (Å²) in [6.45, 7) is 4.07. The Bertz CT molecular complexity index is 1820. The second kappa shape index (κ2) is 14.7. The van der Waals surface area contributed by atoms with Crippen LogP contribution in [0.4, 0.5) is 0 Å². The van der Waals surface area contributed by atoms with Crippen molar-refractivity contribution in [1.29, 1.82) is 0 Å². The highest BCUT2D eigenvalue weighted by atomic mass is 16.3. The van der Waals surface area contributed by atoms with Gasteiger partial charge in [-0.25, -0.2) is 0 Å². The lowest BCUT2D eigenvalue weighted by Crippen LogP contribution is -2.15. The van der Waals surface area contributed by atoms with Crippen molar-refractivity contribution < 1.29 is 30.0 Å². The van der Waals surface area contributed by atoms with Gasteiger partial charge >= 0.3 is 0 Å². The first kappa shape index (κ1) is 34.0. The van der Waals surface area contributed by atoms with Gasteiger partial charge in [0.05, 0.1) is 0 Å². The minimum atomic E-state index is -0.436. The van der Waals surface area contributed by atoms with E-state index in [1.807, 2.05) is 44.2 Å². The van der Waals surface area contributed by atoms with E-state index in [2.05, 4.69) is 12.1 Å². The van der Waals surface area contributed by atoms with E-state index in [1.54, 1.807) is 30.3 Å². The molecule has 2 fully saturated rings. The van der Waals surface area contributed by atoms with Gasteiger partial charge in [0.2, 0.25) is 11.6 Å². The summed E-state index contributed by atoms with van der Waals surface area (Å²) in [6, 6.07) is 20.3. The van der Waals surface area contributed by atoms with Crippen LogP contribution in [0.25, 0.3) is 6.08 Å². The molecule has 0 saturated heterocycles. The molecule has 0 spiro atoms. The van der Waals surface area contributed by atoms with Crippen LogP contribution in [0.15, 0.2) is 72.8 Å². The number of Topliss-reactive ketones (excluding diaryl/α,β-unsaturated/α-hetero) is 1. The molecule has 0 bridgehead atoms. The molecule has 0 heterocycles. The zero-order valence-electron chi connectivity index (χ0n) is 28.4. The molecule has 254 valence electrons. The molecule has 2 saturated carbocycles. The fourth-order valence-electron chi connectivity index (χ4n) is 8.03. The summed E-state index contributed by atoms with van der Waals surface area (Å²) >= 11 is 0. The molecule has 0 aromatic heterocycles. The lowest BCUT2D eigenvalue weighted by atomic mass is 9.76. The van der Waals surface area contributed by atoms with E-state index in [-0.39, 0.29) is 17.4 Å². The number of fused-ring (bicyclic) bond motifs is 1. The zero-order chi connectivity index (χ0) is 34.7. The Balaban J connectivity index is 0.000000291. The smallest absolute Gasteiger partial charge is 0.233 e. The molecular weight excluding hydrogens is 612 g/mol. The number of carbonyl (C=O) groups excluding carboxylic acids is 2. The largest absolute Gasteiger partial charge is 0.508 e. The topological polar surface area (TPSA) is 115 Å². The molecule has 6 nitrogen and oxygen atoms in total. The standard InChI is InChI=1S/C33H40O4.C10H6O2/c1-20-15-30(35)27(22-9-5-3-6-10-22)18-25(20)33(24-13-14-29(34)32(37)17-24)26-19-28(31(36)16-21(26)2)23-11-7-4-8-12-23;11-9-6-5-7-3-1-2-4-8(7)10(9)12/h13-19,22-23,33-37H,3-12H2,1-2H3;1-6H. The summed E-state index contributed by atoms with van der Waals surface area (Å²) in [7, 11) is 0. The number of rotatable bonds is 5. The van der Waals surface area contributed by atoms with Gasteiger partial charge in [-0.15, -0.1) is 0 Å². The molecule has 6 heteroatoms. The molecule has 4 aromatic carbocycles. The lowest BCUT2D eigenvalue weighted by molar-refractivity contribution is -0.110. The predicted molar refractivity (Wildman–Crippen MR) is 193 cm³/mol. The van der Waals surface area contributed by atoms with Gasteiger partial charge in [0, 0.05) is 11.5 Å². The first-order valence-corrected chi connectivity index (χ1v) is 17.7. The normalized spacial score (nSPS) is 16.7. The Morgan fingerprint density at radius 3 is 1.63 bits per heavy atom. The van der Waals surface area contributed by atoms with Gasteiger partial charge in [-0.2, -0.15) is 0 Å². The molecule has 0 atom stereocenters. The Labute approximate surface area is 288 Å². The van der Waals surface area contributed by atoms with Crippen LogP contribution in [-0.2, 0) is 4.79 Å². The summed E-state index contributed by atoms with van der Waals surface area (Å²) in [5, 5.41) is 42.5. The van der Waals surface area contributed by atoms with Crippen molar-refractivity contribution in [2.24, 2.45) is 0 Å². The first-order chi connectivity index (χ1) is 23.6. The van der Waals surface area contributed by atoms with Crippen molar-refractivity contribution in [3.05, 3.63) is 123 Å². The van der Waals surface area contributed by atoms with Gasteiger partial charge in [0.1, 0.15) is 11.5 Å². The number of phenols is 4. The molecule has 4 aromatic rings. The maximum atomic E-state index is 11.2. The van der Waals surface area contributed by atoms with Crippen LogP contribution in [0.2, 0.25) is 0 Å². The number of hydrogen-bond donors (Lipinski definition) is 4. The van der Waals surface area contributed by atoms with E-state index in [4.69, 9.17) is 0 Å². The molecule has 7 rings (SSSR count). The van der Waals surface area contributed by atoms with Gasteiger partial charge < -0.3 is 20.4 Å². The fourth-order valence-corrected chi connectivity index (χ4v) is 8.03. The van der Waals surface area contributed by atoms with Crippen molar-refractivity contribution in [1.82, 2.24) is 0 Å². The minimum Gasteiger partial charge on any atom is -0.508 e. The molecule has 0 amide bonds. The minimum absolute atomic E-state index is 0.141. The van der Waals surface area contributed by atoms with Crippen molar-refractivity contribution in [2.75, 3.05) is 0 Å². The van der Waals surface area contributed by atoms with Gasteiger partial charge in [-0.1, -0.05) is 87.1 Å². The van der Waals surface area contributed by atoms with E-state index < -0.39 is 11.6 Å². The molecular formula is C43H46O6. The summed E-state index contributed by atoms with van der Waals surface area (Å²) in [5.41, 5.74) is 8.38. The van der Waals surface area contributed by atoms with Crippen molar-refractivity contribution in [3.63, 3.8) is 0 Å². The quantitative estimate of drug-likeness (QED) is 0.0964. The maximum absolute atomic E-state index is 11.2. The zero-order valence-corrected chi connectivity index (χ0v) is 28.4. The third-order valence-electron chi connectivity index (χ3n) is 10.7. The third kappa shape index (κ3) is 7.29. The van der Waals surface area contributed by atoms with Crippen molar-refractivity contribution in [2.45, 2.75) is 95.8 Å². The number of aryl methyl sites for hydroxylation is 2. The Morgan fingerprint density at radius 2 is 1.10 bits per heavy atom.